The van der Waals surface area contributed by atoms with E-state index in [4.69, 9.17) is 14.2 Å². The summed E-state index contributed by atoms with van der Waals surface area (Å²) in [5, 5.41) is 5.13. The van der Waals surface area contributed by atoms with Crippen molar-refractivity contribution in [3.05, 3.63) is 42.5 Å². The summed E-state index contributed by atoms with van der Waals surface area (Å²) < 4.78 is 17.6. The molecule has 0 aromatic heterocycles. The second kappa shape index (κ2) is 7.64. The van der Waals surface area contributed by atoms with E-state index in [-0.39, 0.29) is 18.6 Å². The zero-order valence-electron chi connectivity index (χ0n) is 14.9. The molecule has 1 amide bonds. The Labute approximate surface area is 153 Å². The van der Waals surface area contributed by atoms with E-state index in [9.17, 15) is 4.79 Å². The first kappa shape index (κ1) is 17.3. The molecule has 0 bridgehead atoms. The molecule has 1 heterocycles. The van der Waals surface area contributed by atoms with Crippen LogP contribution in [0.1, 0.15) is 32.1 Å². The van der Waals surface area contributed by atoms with Crippen LogP contribution in [0.15, 0.2) is 42.5 Å². The molecule has 2 aromatic rings. The first-order valence-electron chi connectivity index (χ1n) is 9.43. The van der Waals surface area contributed by atoms with Gasteiger partial charge in [-0.05, 0) is 35.7 Å². The van der Waals surface area contributed by atoms with Crippen LogP contribution in [0.5, 0.6) is 5.75 Å². The molecule has 5 nitrogen and oxygen atoms in total. The zero-order valence-corrected chi connectivity index (χ0v) is 14.9. The number of rotatable bonds is 5. The summed E-state index contributed by atoms with van der Waals surface area (Å²) in [6.07, 6.45) is 5.41. The second-order valence-corrected chi connectivity index (χ2v) is 7.12. The van der Waals surface area contributed by atoms with Crippen molar-refractivity contribution in [2.75, 3.05) is 19.8 Å². The van der Waals surface area contributed by atoms with Gasteiger partial charge in [0, 0.05) is 19.4 Å². The maximum absolute atomic E-state index is 12.1. The molecule has 1 N–H and O–H groups in total. The van der Waals surface area contributed by atoms with Crippen molar-refractivity contribution in [2.24, 2.45) is 0 Å². The average molecular weight is 355 g/mol. The van der Waals surface area contributed by atoms with Gasteiger partial charge in [-0.2, -0.15) is 0 Å². The van der Waals surface area contributed by atoms with Crippen molar-refractivity contribution >= 4 is 16.7 Å². The molecule has 1 aliphatic heterocycles. The van der Waals surface area contributed by atoms with Crippen molar-refractivity contribution in [2.45, 2.75) is 44.0 Å². The van der Waals surface area contributed by atoms with Crippen molar-refractivity contribution in [3.63, 3.8) is 0 Å². The Morgan fingerprint density at radius 2 is 1.92 bits per heavy atom. The summed E-state index contributed by atoms with van der Waals surface area (Å²) in [5.74, 6) is 0.154. The van der Waals surface area contributed by atoms with E-state index in [1.54, 1.807) is 0 Å². The van der Waals surface area contributed by atoms with Crippen molar-refractivity contribution in [1.82, 2.24) is 5.32 Å². The van der Waals surface area contributed by atoms with Crippen molar-refractivity contribution in [1.29, 1.82) is 0 Å². The fourth-order valence-electron chi connectivity index (χ4n) is 3.75. The maximum atomic E-state index is 12.1. The molecule has 2 aromatic carbocycles. The minimum Gasteiger partial charge on any atom is -0.484 e. The van der Waals surface area contributed by atoms with Gasteiger partial charge >= 0.3 is 0 Å². The van der Waals surface area contributed by atoms with E-state index in [1.165, 1.54) is 6.42 Å². The van der Waals surface area contributed by atoms with Crippen LogP contribution in [0, 0.1) is 0 Å². The Kier molecular flexibility index (Phi) is 5.09. The molecule has 2 fully saturated rings. The summed E-state index contributed by atoms with van der Waals surface area (Å²) in [5.41, 5.74) is 0. The number of nitrogens with one attached hydrogen (secondary N) is 1. The number of carbonyl (C=O) groups excluding carboxylic acids is 1. The predicted molar refractivity (Wildman–Crippen MR) is 99.1 cm³/mol. The van der Waals surface area contributed by atoms with Crippen LogP contribution in [0.25, 0.3) is 10.8 Å². The molecule has 5 heteroatoms. The molecule has 2 aliphatic rings. The molecular weight excluding hydrogens is 330 g/mol. The van der Waals surface area contributed by atoms with Gasteiger partial charge < -0.3 is 19.5 Å². The highest BCUT2D eigenvalue weighted by Gasteiger charge is 2.42. The summed E-state index contributed by atoms with van der Waals surface area (Å²) in [4.78, 5) is 12.1. The van der Waals surface area contributed by atoms with Gasteiger partial charge in [0.1, 0.15) is 11.9 Å². The Morgan fingerprint density at radius 1 is 1.12 bits per heavy atom. The SMILES string of the molecule is O=C(COc1ccc2ccccc2c1)NCC1COC2(CCCCC2)O1. The largest absolute Gasteiger partial charge is 0.484 e. The van der Waals surface area contributed by atoms with E-state index >= 15 is 0 Å². The average Bonchev–Trinajstić information content (AvgIpc) is 3.07. The molecule has 1 spiro atoms. The predicted octanol–water partition coefficient (Wildman–Crippen LogP) is 3.41. The van der Waals surface area contributed by atoms with Crippen LogP contribution in [0.3, 0.4) is 0 Å². The minimum atomic E-state index is -0.394. The van der Waals surface area contributed by atoms with E-state index in [0.29, 0.717) is 18.9 Å². The lowest BCUT2D eigenvalue weighted by molar-refractivity contribution is -0.186. The molecule has 1 saturated carbocycles. The number of hydrogen-bond acceptors (Lipinski definition) is 4. The number of hydrogen-bond donors (Lipinski definition) is 1. The zero-order chi connectivity index (χ0) is 17.8. The van der Waals surface area contributed by atoms with E-state index in [1.807, 2.05) is 36.4 Å². The molecule has 1 atom stereocenters. The highest BCUT2D eigenvalue weighted by Crippen LogP contribution is 2.37. The summed E-state index contributed by atoms with van der Waals surface area (Å²) in [6.45, 7) is 1.00. The third-order valence-electron chi connectivity index (χ3n) is 5.15. The Bertz CT molecular complexity index is 769. The number of ether oxygens (including phenoxy) is 3. The molecular formula is C21H25NO4. The Hall–Kier alpha value is -2.11. The molecule has 26 heavy (non-hydrogen) atoms. The standard InChI is InChI=1S/C21H25NO4/c23-20(15-24-18-9-8-16-6-2-3-7-17(16)12-18)22-13-19-14-25-21(26-19)10-4-1-5-11-21/h2-3,6-9,12,19H,1,4-5,10-11,13-15H2,(H,22,23). The van der Waals surface area contributed by atoms with Gasteiger partial charge in [-0.3, -0.25) is 4.79 Å². The van der Waals surface area contributed by atoms with Crippen LogP contribution >= 0.6 is 0 Å². The van der Waals surface area contributed by atoms with Crippen LogP contribution in [0.2, 0.25) is 0 Å². The van der Waals surface area contributed by atoms with Crippen molar-refractivity contribution < 1.29 is 19.0 Å². The molecule has 138 valence electrons. The third-order valence-corrected chi connectivity index (χ3v) is 5.15. The quantitative estimate of drug-likeness (QED) is 0.893. The monoisotopic (exact) mass is 355 g/mol. The fraction of sp³-hybridized carbons (Fsp3) is 0.476. The van der Waals surface area contributed by atoms with Crippen LogP contribution in [-0.4, -0.2) is 37.6 Å². The number of carbonyl (C=O) groups is 1. The highest BCUT2D eigenvalue weighted by atomic mass is 16.7. The first-order valence-corrected chi connectivity index (χ1v) is 9.43. The van der Waals surface area contributed by atoms with Crippen molar-refractivity contribution in [3.8, 4) is 5.75 Å². The molecule has 1 aliphatic carbocycles. The van der Waals surface area contributed by atoms with Gasteiger partial charge in [-0.15, -0.1) is 0 Å². The lowest BCUT2D eigenvalue weighted by atomic mass is 9.94. The minimum absolute atomic E-state index is 0.00292. The van der Waals surface area contributed by atoms with Gasteiger partial charge in [-0.25, -0.2) is 0 Å². The summed E-state index contributed by atoms with van der Waals surface area (Å²) in [6, 6.07) is 13.9. The van der Waals surface area contributed by atoms with Gasteiger partial charge in [0.25, 0.3) is 5.91 Å². The smallest absolute Gasteiger partial charge is 0.258 e. The van der Waals surface area contributed by atoms with Gasteiger partial charge in [0.05, 0.1) is 6.61 Å². The van der Waals surface area contributed by atoms with Gasteiger partial charge in [0.15, 0.2) is 12.4 Å². The fourth-order valence-corrected chi connectivity index (χ4v) is 3.75. The number of benzene rings is 2. The molecule has 4 rings (SSSR count). The molecule has 1 unspecified atom stereocenters. The first-order chi connectivity index (χ1) is 12.7. The Balaban J connectivity index is 1.23. The summed E-state index contributed by atoms with van der Waals surface area (Å²) >= 11 is 0. The van der Waals surface area contributed by atoms with Crippen LogP contribution in [-0.2, 0) is 14.3 Å². The van der Waals surface area contributed by atoms with Gasteiger partial charge in [-0.1, -0.05) is 36.8 Å². The molecule has 1 saturated heterocycles. The maximum Gasteiger partial charge on any atom is 0.258 e. The Morgan fingerprint density at radius 3 is 2.77 bits per heavy atom. The number of fused-ring (bicyclic) bond motifs is 1. The number of amides is 1. The topological polar surface area (TPSA) is 56.8 Å². The lowest BCUT2D eigenvalue weighted by Gasteiger charge is -2.31. The van der Waals surface area contributed by atoms with E-state index < -0.39 is 5.79 Å². The van der Waals surface area contributed by atoms with Crippen LogP contribution in [0.4, 0.5) is 0 Å². The normalized spacial score (nSPS) is 21.8. The van der Waals surface area contributed by atoms with Crippen LogP contribution < -0.4 is 10.1 Å². The lowest BCUT2D eigenvalue weighted by Crippen LogP contribution is -2.38. The second-order valence-electron chi connectivity index (χ2n) is 7.12. The van der Waals surface area contributed by atoms with E-state index in [2.05, 4.69) is 11.4 Å². The third kappa shape index (κ3) is 4.00. The molecule has 0 radical (unpaired) electrons. The van der Waals surface area contributed by atoms with Gasteiger partial charge in [0.2, 0.25) is 0 Å². The van der Waals surface area contributed by atoms with E-state index in [0.717, 1.165) is 36.5 Å². The summed E-state index contributed by atoms with van der Waals surface area (Å²) in [7, 11) is 0. The highest BCUT2D eigenvalue weighted by molar-refractivity contribution is 5.84.